The molecular weight excluding hydrogens is 302 g/mol. The number of epoxide rings is 1. The molecule has 2 aromatic rings. The zero-order valence-corrected chi connectivity index (χ0v) is 13.3. The first-order valence-corrected chi connectivity index (χ1v) is 7.98. The minimum Gasteiger partial charge on any atom is -0.354 e. The molecule has 0 aliphatic carbocycles. The van der Waals surface area contributed by atoms with Crippen molar-refractivity contribution in [3.05, 3.63) is 83.9 Å². The molecular formula is C20H17NO3. The van der Waals surface area contributed by atoms with Crippen molar-refractivity contribution in [2.24, 2.45) is 0 Å². The number of hydrogen-bond donors (Lipinski definition) is 0. The van der Waals surface area contributed by atoms with E-state index in [1.54, 1.807) is 0 Å². The SMILES string of the molecule is CC(C1OC1(c1ccccc1)c1ccccc1)N1C(=O)C=CC1=O. The Bertz CT molecular complexity index is 756. The number of ether oxygens (including phenoxy) is 1. The Hall–Kier alpha value is -2.72. The Morgan fingerprint density at radius 1 is 0.875 bits per heavy atom. The van der Waals surface area contributed by atoms with Gasteiger partial charge in [-0.3, -0.25) is 14.5 Å². The fourth-order valence-corrected chi connectivity index (χ4v) is 3.56. The quantitative estimate of drug-likeness (QED) is 0.643. The fraction of sp³-hybridized carbons (Fsp3) is 0.200. The molecule has 2 aliphatic rings. The van der Waals surface area contributed by atoms with Crippen molar-refractivity contribution in [3.8, 4) is 0 Å². The molecule has 4 nitrogen and oxygen atoms in total. The molecule has 2 atom stereocenters. The van der Waals surface area contributed by atoms with E-state index in [9.17, 15) is 9.59 Å². The molecule has 0 radical (unpaired) electrons. The second kappa shape index (κ2) is 5.42. The van der Waals surface area contributed by atoms with Crippen molar-refractivity contribution in [2.45, 2.75) is 24.7 Å². The topological polar surface area (TPSA) is 49.9 Å². The number of carbonyl (C=O) groups excluding carboxylic acids is 2. The molecule has 1 fully saturated rings. The summed E-state index contributed by atoms with van der Waals surface area (Å²) in [5.74, 6) is -0.559. The average molecular weight is 319 g/mol. The minimum atomic E-state index is -0.620. The van der Waals surface area contributed by atoms with Crippen molar-refractivity contribution >= 4 is 11.8 Å². The second-order valence-electron chi connectivity index (χ2n) is 6.13. The maximum Gasteiger partial charge on any atom is 0.253 e. The van der Waals surface area contributed by atoms with Gasteiger partial charge in [-0.15, -0.1) is 0 Å². The van der Waals surface area contributed by atoms with Crippen molar-refractivity contribution in [2.75, 3.05) is 0 Å². The molecule has 2 aromatic carbocycles. The Labute approximate surface area is 140 Å². The van der Waals surface area contributed by atoms with Crippen LogP contribution >= 0.6 is 0 Å². The van der Waals surface area contributed by atoms with Crippen LogP contribution in [0.5, 0.6) is 0 Å². The molecule has 0 bridgehead atoms. The summed E-state index contributed by atoms with van der Waals surface area (Å²) in [7, 11) is 0. The number of hydrogen-bond acceptors (Lipinski definition) is 3. The van der Waals surface area contributed by atoms with E-state index in [4.69, 9.17) is 4.74 Å². The minimum absolute atomic E-state index is 0.268. The molecule has 1 saturated heterocycles. The molecule has 4 heteroatoms. The first-order valence-electron chi connectivity index (χ1n) is 7.98. The van der Waals surface area contributed by atoms with Crippen LogP contribution < -0.4 is 0 Å². The zero-order chi connectivity index (χ0) is 16.7. The standard InChI is InChI=1S/C20H17NO3/c1-14(21-17(22)12-13-18(21)23)19-20(24-19,15-8-4-2-5-9-15)16-10-6-3-7-11-16/h2-14,19H,1H3. The number of imide groups is 1. The molecule has 120 valence electrons. The van der Waals surface area contributed by atoms with Crippen molar-refractivity contribution < 1.29 is 14.3 Å². The fourth-order valence-electron chi connectivity index (χ4n) is 3.56. The maximum atomic E-state index is 12.0. The molecule has 2 heterocycles. The van der Waals surface area contributed by atoms with E-state index < -0.39 is 5.60 Å². The van der Waals surface area contributed by atoms with Crippen LogP contribution in [0.15, 0.2) is 72.8 Å². The summed E-state index contributed by atoms with van der Waals surface area (Å²) in [6, 6.07) is 19.5. The molecule has 2 unspecified atom stereocenters. The van der Waals surface area contributed by atoms with Gasteiger partial charge in [-0.1, -0.05) is 60.7 Å². The van der Waals surface area contributed by atoms with Gasteiger partial charge in [-0.05, 0) is 18.1 Å². The number of amides is 2. The van der Waals surface area contributed by atoms with Gasteiger partial charge in [0, 0.05) is 12.2 Å². The Kier molecular flexibility index (Phi) is 3.36. The first-order chi connectivity index (χ1) is 11.6. The number of rotatable bonds is 4. The largest absolute Gasteiger partial charge is 0.354 e. The highest BCUT2D eigenvalue weighted by Crippen LogP contribution is 2.54. The highest BCUT2D eigenvalue weighted by molar-refractivity contribution is 6.13. The van der Waals surface area contributed by atoms with Crippen LogP contribution in [0.3, 0.4) is 0 Å². The van der Waals surface area contributed by atoms with Crippen LogP contribution in [-0.2, 0) is 19.9 Å². The van der Waals surface area contributed by atoms with Crippen molar-refractivity contribution in [1.82, 2.24) is 4.90 Å². The molecule has 24 heavy (non-hydrogen) atoms. The third-order valence-electron chi connectivity index (χ3n) is 4.75. The molecule has 0 saturated carbocycles. The van der Waals surface area contributed by atoms with Crippen LogP contribution in [0.25, 0.3) is 0 Å². The summed E-state index contributed by atoms with van der Waals surface area (Å²) in [6.45, 7) is 1.86. The summed E-state index contributed by atoms with van der Waals surface area (Å²) in [5.41, 5.74) is 1.44. The molecule has 4 rings (SSSR count). The van der Waals surface area contributed by atoms with E-state index in [1.165, 1.54) is 17.1 Å². The van der Waals surface area contributed by atoms with Gasteiger partial charge in [-0.25, -0.2) is 0 Å². The van der Waals surface area contributed by atoms with Crippen LogP contribution in [0.1, 0.15) is 18.1 Å². The Morgan fingerprint density at radius 2 is 1.33 bits per heavy atom. The number of benzene rings is 2. The van der Waals surface area contributed by atoms with E-state index in [0.29, 0.717) is 0 Å². The van der Waals surface area contributed by atoms with Crippen LogP contribution in [0.2, 0.25) is 0 Å². The lowest BCUT2D eigenvalue weighted by molar-refractivity contribution is -0.139. The highest BCUT2D eigenvalue weighted by atomic mass is 16.6. The highest BCUT2D eigenvalue weighted by Gasteiger charge is 2.63. The lowest BCUT2D eigenvalue weighted by Crippen LogP contribution is -2.43. The second-order valence-corrected chi connectivity index (χ2v) is 6.13. The maximum absolute atomic E-state index is 12.0. The summed E-state index contributed by atoms with van der Waals surface area (Å²) in [6.07, 6.45) is 2.36. The molecule has 0 N–H and O–H groups in total. The van der Waals surface area contributed by atoms with Gasteiger partial charge in [0.15, 0.2) is 0 Å². The number of carbonyl (C=O) groups is 2. The lowest BCUT2D eigenvalue weighted by atomic mass is 9.85. The smallest absolute Gasteiger partial charge is 0.253 e. The van der Waals surface area contributed by atoms with Gasteiger partial charge in [0.1, 0.15) is 11.7 Å². The first kappa shape index (κ1) is 14.8. The normalized spacial score (nSPS) is 22.7. The van der Waals surface area contributed by atoms with Gasteiger partial charge >= 0.3 is 0 Å². The van der Waals surface area contributed by atoms with Crippen molar-refractivity contribution in [3.63, 3.8) is 0 Å². The van der Waals surface area contributed by atoms with Crippen LogP contribution in [0, 0.1) is 0 Å². The average Bonchev–Trinajstić information content (AvgIpc) is 3.30. The zero-order valence-electron chi connectivity index (χ0n) is 13.3. The summed E-state index contributed by atoms with van der Waals surface area (Å²) in [5, 5.41) is 0. The van der Waals surface area contributed by atoms with E-state index in [1.807, 2.05) is 67.6 Å². The lowest BCUT2D eigenvalue weighted by Gasteiger charge is -2.23. The van der Waals surface area contributed by atoms with E-state index >= 15 is 0 Å². The molecule has 0 aromatic heterocycles. The number of nitrogens with zero attached hydrogens (tertiary/aromatic N) is 1. The van der Waals surface area contributed by atoms with E-state index in [2.05, 4.69) is 0 Å². The van der Waals surface area contributed by atoms with Crippen molar-refractivity contribution in [1.29, 1.82) is 0 Å². The summed E-state index contributed by atoms with van der Waals surface area (Å²) in [4.78, 5) is 25.3. The molecule has 2 aliphatic heterocycles. The van der Waals surface area contributed by atoms with E-state index in [-0.39, 0.29) is 24.0 Å². The van der Waals surface area contributed by atoms with Crippen LogP contribution in [0.4, 0.5) is 0 Å². The van der Waals surface area contributed by atoms with Gasteiger partial charge in [-0.2, -0.15) is 0 Å². The molecule has 2 amide bonds. The van der Waals surface area contributed by atoms with Gasteiger partial charge < -0.3 is 4.74 Å². The van der Waals surface area contributed by atoms with Gasteiger partial charge in [0.05, 0.1) is 6.04 Å². The van der Waals surface area contributed by atoms with E-state index in [0.717, 1.165) is 11.1 Å². The van der Waals surface area contributed by atoms with Gasteiger partial charge in [0.25, 0.3) is 11.8 Å². The third-order valence-corrected chi connectivity index (χ3v) is 4.75. The Morgan fingerprint density at radius 3 is 1.79 bits per heavy atom. The Balaban J connectivity index is 1.73. The summed E-state index contributed by atoms with van der Waals surface area (Å²) < 4.78 is 6.17. The third kappa shape index (κ3) is 2.11. The predicted molar refractivity (Wildman–Crippen MR) is 89.0 cm³/mol. The van der Waals surface area contributed by atoms with Crippen LogP contribution in [-0.4, -0.2) is 28.9 Å². The van der Waals surface area contributed by atoms with Gasteiger partial charge in [0.2, 0.25) is 0 Å². The summed E-state index contributed by atoms with van der Waals surface area (Å²) >= 11 is 0. The monoisotopic (exact) mass is 319 g/mol. The molecule has 0 spiro atoms. The predicted octanol–water partition coefficient (Wildman–Crippen LogP) is 2.64.